The zero-order valence-corrected chi connectivity index (χ0v) is 37.1. The number of carbonyl (C=O) groups is 2. The van der Waals surface area contributed by atoms with Gasteiger partial charge in [0.25, 0.3) is 0 Å². The summed E-state index contributed by atoms with van der Waals surface area (Å²) in [4.78, 5) is 75.9. The van der Waals surface area contributed by atoms with Gasteiger partial charge in [-0.3, -0.25) is 27.7 Å². The lowest BCUT2D eigenvalue weighted by Gasteiger charge is -2.30. The molecule has 3 heterocycles. The molecule has 0 bridgehead atoms. The first-order chi connectivity index (χ1) is 28.1. The van der Waals surface area contributed by atoms with Crippen LogP contribution in [0, 0.1) is 5.41 Å². The highest BCUT2D eigenvalue weighted by atomic mass is 32.2. The van der Waals surface area contributed by atoms with Crippen LogP contribution in [0.15, 0.2) is 12.7 Å². The Morgan fingerprint density at radius 1 is 0.983 bits per heavy atom. The number of thioether (sulfide) groups is 1. The topological polar surface area (TPSA) is 367 Å². The van der Waals surface area contributed by atoms with Gasteiger partial charge in [-0.25, -0.2) is 28.6 Å². The van der Waals surface area contributed by atoms with Crippen molar-refractivity contribution in [2.24, 2.45) is 5.41 Å². The van der Waals surface area contributed by atoms with E-state index in [0.717, 1.165) is 36.5 Å². The fourth-order valence-corrected chi connectivity index (χ4v) is 9.52. The van der Waals surface area contributed by atoms with Crippen LogP contribution >= 0.6 is 35.2 Å². The molecule has 28 heteroatoms. The summed E-state index contributed by atoms with van der Waals surface area (Å²) in [6.45, 7) is 2.92. The number of anilines is 1. The highest BCUT2D eigenvalue weighted by molar-refractivity contribution is 7.99. The van der Waals surface area contributed by atoms with Crippen molar-refractivity contribution in [2.75, 3.05) is 43.5 Å². The van der Waals surface area contributed by atoms with Crippen molar-refractivity contribution in [3.05, 3.63) is 12.7 Å². The number of amides is 2. The molecule has 1 aliphatic rings. The number of aromatic nitrogens is 4. The highest BCUT2D eigenvalue weighted by Gasteiger charge is 2.50. The molecule has 60 heavy (non-hydrogen) atoms. The van der Waals surface area contributed by atoms with E-state index in [-0.39, 0.29) is 35.9 Å². The molecule has 1 saturated heterocycles. The molecule has 0 aliphatic carbocycles. The van der Waals surface area contributed by atoms with E-state index in [4.69, 9.17) is 19.5 Å². The van der Waals surface area contributed by atoms with Gasteiger partial charge in [0.05, 0.1) is 25.6 Å². The molecular formula is C32H58N7O17P3S. The predicted molar refractivity (Wildman–Crippen MR) is 216 cm³/mol. The van der Waals surface area contributed by atoms with Crippen molar-refractivity contribution in [2.45, 2.75) is 115 Å². The monoisotopic (exact) mass is 937 g/mol. The summed E-state index contributed by atoms with van der Waals surface area (Å²) in [7, 11) is -16.4. The van der Waals surface area contributed by atoms with Crippen molar-refractivity contribution in [1.29, 1.82) is 0 Å². The van der Waals surface area contributed by atoms with Gasteiger partial charge in [0.1, 0.15) is 36.3 Å². The Morgan fingerprint density at radius 2 is 1.65 bits per heavy atom. The molecule has 2 amide bonds. The van der Waals surface area contributed by atoms with Crippen LogP contribution < -0.4 is 16.4 Å². The number of nitrogens with two attached hydrogens (primary N) is 1. The van der Waals surface area contributed by atoms with E-state index >= 15 is 0 Å². The van der Waals surface area contributed by atoms with Gasteiger partial charge in [-0.15, -0.1) is 0 Å². The third kappa shape index (κ3) is 17.5. The molecule has 2 aromatic heterocycles. The smallest absolute Gasteiger partial charge is 0.392 e. The van der Waals surface area contributed by atoms with Crippen LogP contribution in [0.25, 0.3) is 11.2 Å². The quantitative estimate of drug-likeness (QED) is 0.0409. The first-order valence-corrected chi connectivity index (χ1v) is 24.9. The zero-order valence-electron chi connectivity index (χ0n) is 33.6. The minimum atomic E-state index is -5.56. The lowest BCUT2D eigenvalue weighted by molar-refractivity contribution is -0.137. The maximum atomic E-state index is 12.7. The number of carbonyl (C=O) groups excluding carboxylic acids is 2. The number of rotatable bonds is 29. The van der Waals surface area contributed by atoms with E-state index < -0.39 is 84.8 Å². The van der Waals surface area contributed by atoms with Crippen LogP contribution in [0.2, 0.25) is 0 Å². The third-order valence-corrected chi connectivity index (χ3v) is 13.3. The number of aliphatic hydroxyl groups excluding tert-OH is 3. The number of ether oxygens (including phenoxy) is 1. The summed E-state index contributed by atoms with van der Waals surface area (Å²) in [6.07, 6.45) is 1.73. The van der Waals surface area contributed by atoms with Gasteiger partial charge in [-0.2, -0.15) is 16.1 Å². The summed E-state index contributed by atoms with van der Waals surface area (Å²) >= 11 is 1.52. The second-order valence-electron chi connectivity index (χ2n) is 14.7. The molecule has 2 aromatic rings. The van der Waals surface area contributed by atoms with Crippen molar-refractivity contribution in [3.8, 4) is 0 Å². The second-order valence-corrected chi connectivity index (χ2v) is 20.1. The number of hydrogen-bond donors (Lipinski definition) is 10. The van der Waals surface area contributed by atoms with Crippen LogP contribution in [-0.4, -0.2) is 135 Å². The van der Waals surface area contributed by atoms with Gasteiger partial charge in [0, 0.05) is 36.4 Å². The minimum Gasteiger partial charge on any atom is -0.392 e. The molecule has 0 radical (unpaired) electrons. The number of nitrogens with one attached hydrogen (secondary N) is 2. The first kappa shape index (κ1) is 52.2. The Hall–Kier alpha value is -2.15. The van der Waals surface area contributed by atoms with Gasteiger partial charge in [-0.05, 0) is 6.42 Å². The molecule has 8 atom stereocenters. The number of nitrogen functional groups attached to an aromatic ring is 1. The Bertz CT molecular complexity index is 1820. The molecule has 2 unspecified atom stereocenters. The molecular weight excluding hydrogens is 879 g/mol. The first-order valence-electron chi connectivity index (χ1n) is 19.2. The SMILES string of the molecule is CCCCCCCCC[C@@H](O)CSCCNC(=O)CCNC(=O)[C@H](O)C(C)(C)COP(=O)(O)OP(=O)(O)OC[C@H]1O[C@H](n2cnc3c(N)ncnc32)[C@@H](O)[C@H]1OP(=O)(O)O. The third-order valence-electron chi connectivity index (χ3n) is 9.10. The summed E-state index contributed by atoms with van der Waals surface area (Å²) in [5, 5.41) is 36.8. The summed E-state index contributed by atoms with van der Waals surface area (Å²) in [5.74, 6) is -0.202. The van der Waals surface area contributed by atoms with Gasteiger partial charge in [0.15, 0.2) is 17.7 Å². The Kier molecular flexibility index (Phi) is 20.9. The fraction of sp³-hybridized carbons (Fsp3) is 0.781. The van der Waals surface area contributed by atoms with E-state index in [1.54, 1.807) is 0 Å². The predicted octanol–water partition coefficient (Wildman–Crippen LogP) is 1.64. The summed E-state index contributed by atoms with van der Waals surface area (Å²) in [6, 6.07) is 0. The molecule has 1 fully saturated rings. The molecule has 0 spiro atoms. The molecule has 24 nitrogen and oxygen atoms in total. The lowest BCUT2D eigenvalue weighted by Crippen LogP contribution is -2.46. The average Bonchev–Trinajstić information content (AvgIpc) is 3.72. The van der Waals surface area contributed by atoms with Gasteiger partial charge < -0.3 is 56.0 Å². The molecule has 0 aromatic carbocycles. The number of phosphoric acid groups is 3. The normalized spacial score (nSPS) is 21.6. The maximum absolute atomic E-state index is 12.7. The zero-order chi connectivity index (χ0) is 44.7. The molecule has 3 rings (SSSR count). The van der Waals surface area contributed by atoms with Gasteiger partial charge in [0.2, 0.25) is 11.8 Å². The number of aliphatic hydroxyl groups is 3. The lowest BCUT2D eigenvalue weighted by atomic mass is 9.87. The van der Waals surface area contributed by atoms with E-state index in [2.05, 4.69) is 41.3 Å². The number of unbranched alkanes of at least 4 members (excludes halogenated alkanes) is 6. The number of imidazole rings is 1. The number of hydrogen-bond acceptors (Lipinski definition) is 18. The van der Waals surface area contributed by atoms with Crippen molar-refractivity contribution in [3.63, 3.8) is 0 Å². The van der Waals surface area contributed by atoms with Crippen LogP contribution in [0.1, 0.15) is 84.8 Å². The highest BCUT2D eigenvalue weighted by Crippen LogP contribution is 2.61. The van der Waals surface area contributed by atoms with Crippen LogP contribution in [0.5, 0.6) is 0 Å². The molecule has 1 aliphatic heterocycles. The number of phosphoric ester groups is 3. The van der Waals surface area contributed by atoms with E-state index in [1.165, 1.54) is 57.7 Å². The van der Waals surface area contributed by atoms with E-state index in [0.29, 0.717) is 18.1 Å². The van der Waals surface area contributed by atoms with Gasteiger partial charge >= 0.3 is 23.5 Å². The summed E-state index contributed by atoms with van der Waals surface area (Å²) in [5.41, 5.74) is 4.30. The van der Waals surface area contributed by atoms with Crippen molar-refractivity contribution < 1.29 is 80.8 Å². The number of nitrogens with zero attached hydrogens (tertiary/aromatic N) is 4. The molecule has 11 N–H and O–H groups in total. The van der Waals surface area contributed by atoms with Crippen LogP contribution in [0.3, 0.4) is 0 Å². The molecule has 0 saturated carbocycles. The second kappa shape index (κ2) is 24.1. The van der Waals surface area contributed by atoms with Crippen LogP contribution in [0.4, 0.5) is 5.82 Å². The minimum absolute atomic E-state index is 0.0357. The van der Waals surface area contributed by atoms with Gasteiger partial charge in [-0.1, -0.05) is 65.7 Å². The van der Waals surface area contributed by atoms with Crippen molar-refractivity contribution >= 4 is 64.0 Å². The largest absolute Gasteiger partial charge is 0.481 e. The number of fused-ring (bicyclic) bond motifs is 1. The Labute approximate surface area is 351 Å². The summed E-state index contributed by atoms with van der Waals surface area (Å²) < 4.78 is 62.3. The van der Waals surface area contributed by atoms with E-state index in [1.807, 2.05) is 0 Å². The molecule has 344 valence electrons. The Morgan fingerprint density at radius 3 is 2.33 bits per heavy atom. The standard InChI is InChI=1S/C32H58N7O17P3S/c1-4-5-6-7-8-9-10-11-21(40)17-60-15-14-34-23(41)12-13-35-30(44)27(43)32(2,3)18-53-59(50,51)56-58(48,49)52-16-22-26(55-57(45,46)47)25(42)31(54-22)39-20-38-24-28(33)36-19-37-29(24)39/h19-22,25-27,31,40,42-43H,4-18H2,1-3H3,(H,34,41)(H,35,44)(H,48,49)(H,50,51)(H2,33,36,37)(H2,45,46,47)/t21-,22-,25+,26+,27+,31+/m1/s1. The van der Waals surface area contributed by atoms with Crippen LogP contribution in [-0.2, 0) is 45.9 Å². The van der Waals surface area contributed by atoms with Crippen molar-refractivity contribution in [1.82, 2.24) is 30.2 Å². The van der Waals surface area contributed by atoms with E-state index in [9.17, 15) is 58.2 Å². The maximum Gasteiger partial charge on any atom is 0.481 e. The fourth-order valence-electron chi connectivity index (χ4n) is 5.84. The average molecular weight is 938 g/mol. The Balaban J connectivity index is 1.40.